The van der Waals surface area contributed by atoms with Gasteiger partial charge in [0, 0.05) is 24.2 Å². The van der Waals surface area contributed by atoms with Gasteiger partial charge in [-0.05, 0) is 19.1 Å². The number of carbonyl (C=O) groups is 1. The third-order valence-electron chi connectivity index (χ3n) is 3.49. The lowest BCUT2D eigenvalue weighted by atomic mass is 9.77. The van der Waals surface area contributed by atoms with E-state index in [0.717, 1.165) is 0 Å². The molecule has 1 aliphatic rings. The van der Waals surface area contributed by atoms with E-state index < -0.39 is 5.41 Å². The van der Waals surface area contributed by atoms with Crippen LogP contribution in [0, 0.1) is 11.7 Å². The summed E-state index contributed by atoms with van der Waals surface area (Å²) in [6, 6.07) is 3.00. The highest BCUT2D eigenvalue weighted by Gasteiger charge is 2.46. The van der Waals surface area contributed by atoms with Crippen LogP contribution in [-0.4, -0.2) is 30.6 Å². The zero-order valence-corrected chi connectivity index (χ0v) is 10.6. The molecule has 0 radical (unpaired) electrons. The van der Waals surface area contributed by atoms with E-state index in [9.17, 15) is 9.18 Å². The van der Waals surface area contributed by atoms with E-state index in [2.05, 4.69) is 10.3 Å². The monoisotopic (exact) mass is 252 g/mol. The van der Waals surface area contributed by atoms with Gasteiger partial charge < -0.3 is 10.1 Å². The highest BCUT2D eigenvalue weighted by Crippen LogP contribution is 2.34. The quantitative estimate of drug-likeness (QED) is 0.823. The van der Waals surface area contributed by atoms with Crippen LogP contribution in [0.2, 0.25) is 0 Å². The topological polar surface area (TPSA) is 51.2 Å². The molecule has 1 saturated heterocycles. The lowest BCUT2D eigenvalue weighted by molar-refractivity contribution is -0.149. The molecule has 4 nitrogen and oxygen atoms in total. The molecule has 18 heavy (non-hydrogen) atoms. The number of aromatic nitrogens is 1. The fourth-order valence-electron chi connectivity index (χ4n) is 2.39. The first kappa shape index (κ1) is 13.0. The third kappa shape index (κ3) is 2.22. The van der Waals surface area contributed by atoms with Crippen molar-refractivity contribution in [3.8, 4) is 0 Å². The van der Waals surface area contributed by atoms with Crippen LogP contribution >= 0.6 is 0 Å². The minimum atomic E-state index is -0.444. The maximum absolute atomic E-state index is 12.9. The maximum atomic E-state index is 12.9. The van der Waals surface area contributed by atoms with Crippen molar-refractivity contribution in [3.05, 3.63) is 29.8 Å². The number of nitrogens with one attached hydrogen (secondary N) is 1. The maximum Gasteiger partial charge on any atom is 0.311 e. The summed E-state index contributed by atoms with van der Waals surface area (Å²) in [7, 11) is 0. The summed E-state index contributed by atoms with van der Waals surface area (Å²) in [5, 5.41) is 3.18. The summed E-state index contributed by atoms with van der Waals surface area (Å²) in [6.45, 7) is 5.30. The average molecular weight is 252 g/mol. The second kappa shape index (κ2) is 5.02. The molecular formula is C13H17FN2O2. The van der Waals surface area contributed by atoms with Gasteiger partial charge in [0.25, 0.3) is 0 Å². The zero-order chi connectivity index (χ0) is 13.2. The first-order chi connectivity index (χ1) is 8.58. The summed E-state index contributed by atoms with van der Waals surface area (Å²) < 4.78 is 18.0. The predicted molar refractivity (Wildman–Crippen MR) is 64.5 cm³/mol. The summed E-state index contributed by atoms with van der Waals surface area (Å²) in [5.74, 6) is -0.882. The Morgan fingerprint density at radius 3 is 3.06 bits per heavy atom. The van der Waals surface area contributed by atoms with Crippen LogP contribution in [0.5, 0.6) is 0 Å². The molecule has 0 spiro atoms. The fraction of sp³-hybridized carbons (Fsp3) is 0.538. The molecule has 0 saturated carbocycles. The van der Waals surface area contributed by atoms with Crippen molar-refractivity contribution in [1.29, 1.82) is 0 Å². The van der Waals surface area contributed by atoms with Crippen LogP contribution < -0.4 is 5.32 Å². The summed E-state index contributed by atoms with van der Waals surface area (Å²) in [4.78, 5) is 16.0. The smallest absolute Gasteiger partial charge is 0.311 e. The Balaban J connectivity index is 2.27. The molecule has 0 aliphatic carbocycles. The van der Waals surface area contributed by atoms with Crippen molar-refractivity contribution in [2.24, 2.45) is 5.92 Å². The van der Waals surface area contributed by atoms with Crippen molar-refractivity contribution in [1.82, 2.24) is 10.3 Å². The average Bonchev–Trinajstić information content (AvgIpc) is 2.73. The molecule has 98 valence electrons. The molecule has 2 unspecified atom stereocenters. The lowest BCUT2D eigenvalue weighted by Crippen LogP contribution is -2.38. The van der Waals surface area contributed by atoms with Crippen LogP contribution in [0.1, 0.15) is 19.5 Å². The predicted octanol–water partition coefficient (Wildman–Crippen LogP) is 1.26. The number of hydrogen-bond acceptors (Lipinski definition) is 4. The molecule has 1 N–H and O–H groups in total. The zero-order valence-electron chi connectivity index (χ0n) is 10.6. The van der Waals surface area contributed by atoms with E-state index in [0.29, 0.717) is 25.4 Å². The summed E-state index contributed by atoms with van der Waals surface area (Å²) in [6.07, 6.45) is 1.18. The number of esters is 1. The molecular weight excluding hydrogens is 235 g/mol. The van der Waals surface area contributed by atoms with Gasteiger partial charge in [-0.25, -0.2) is 4.39 Å². The molecule has 5 heteroatoms. The standard InChI is InChI=1S/C13H17FN2O2/c1-3-18-12(17)10-7-15-8-13(10,2)11-5-4-9(14)6-16-11/h4-6,10,15H,3,7-8H2,1-2H3. The van der Waals surface area contributed by atoms with Crippen LogP contribution in [0.3, 0.4) is 0 Å². The first-order valence-corrected chi connectivity index (χ1v) is 6.07. The Kier molecular flexibility index (Phi) is 3.61. The van der Waals surface area contributed by atoms with Crippen LogP contribution in [-0.2, 0) is 14.9 Å². The van der Waals surface area contributed by atoms with Crippen molar-refractivity contribution in [2.45, 2.75) is 19.3 Å². The van der Waals surface area contributed by atoms with Crippen LogP contribution in [0.15, 0.2) is 18.3 Å². The van der Waals surface area contributed by atoms with Gasteiger partial charge in [-0.2, -0.15) is 0 Å². The molecule has 2 heterocycles. The summed E-state index contributed by atoms with van der Waals surface area (Å²) >= 11 is 0. The van der Waals surface area contributed by atoms with Gasteiger partial charge >= 0.3 is 5.97 Å². The number of hydrogen-bond donors (Lipinski definition) is 1. The molecule has 1 fully saturated rings. The number of pyridine rings is 1. The minimum Gasteiger partial charge on any atom is -0.466 e. The molecule has 0 bridgehead atoms. The number of halogens is 1. The normalized spacial score (nSPS) is 27.2. The van der Waals surface area contributed by atoms with E-state index >= 15 is 0 Å². The van der Waals surface area contributed by atoms with Crippen LogP contribution in [0.25, 0.3) is 0 Å². The van der Waals surface area contributed by atoms with Gasteiger partial charge in [-0.3, -0.25) is 9.78 Å². The Hall–Kier alpha value is -1.49. The van der Waals surface area contributed by atoms with Gasteiger partial charge in [0.15, 0.2) is 0 Å². The molecule has 0 amide bonds. The number of carbonyl (C=O) groups excluding carboxylic acids is 1. The van der Waals surface area contributed by atoms with Gasteiger partial charge in [-0.15, -0.1) is 0 Å². The number of nitrogens with zero attached hydrogens (tertiary/aromatic N) is 1. The second-order valence-corrected chi connectivity index (χ2v) is 4.71. The number of rotatable bonds is 3. The Bertz CT molecular complexity index is 435. The molecule has 0 aromatic carbocycles. The van der Waals surface area contributed by atoms with E-state index in [1.165, 1.54) is 12.3 Å². The van der Waals surface area contributed by atoms with Crippen molar-refractivity contribution < 1.29 is 13.9 Å². The minimum absolute atomic E-state index is 0.226. The first-order valence-electron chi connectivity index (χ1n) is 6.07. The molecule has 2 atom stereocenters. The third-order valence-corrected chi connectivity index (χ3v) is 3.49. The Morgan fingerprint density at radius 2 is 2.44 bits per heavy atom. The molecule has 1 aromatic rings. The lowest BCUT2D eigenvalue weighted by Gasteiger charge is -2.28. The van der Waals surface area contributed by atoms with Gasteiger partial charge in [0.2, 0.25) is 0 Å². The Morgan fingerprint density at radius 1 is 1.67 bits per heavy atom. The fourth-order valence-corrected chi connectivity index (χ4v) is 2.39. The highest BCUT2D eigenvalue weighted by atomic mass is 19.1. The van der Waals surface area contributed by atoms with Crippen LogP contribution in [0.4, 0.5) is 4.39 Å². The van der Waals surface area contributed by atoms with Crippen molar-refractivity contribution >= 4 is 5.97 Å². The van der Waals surface area contributed by atoms with Gasteiger partial charge in [0.05, 0.1) is 18.7 Å². The number of ether oxygens (including phenoxy) is 1. The largest absolute Gasteiger partial charge is 0.466 e. The van der Waals surface area contributed by atoms with E-state index in [1.807, 2.05) is 6.92 Å². The van der Waals surface area contributed by atoms with Crippen molar-refractivity contribution in [2.75, 3.05) is 19.7 Å². The second-order valence-electron chi connectivity index (χ2n) is 4.71. The molecule has 1 aromatic heterocycles. The molecule has 2 rings (SSSR count). The van der Waals surface area contributed by atoms with Gasteiger partial charge in [0.1, 0.15) is 5.82 Å². The van der Waals surface area contributed by atoms with Crippen molar-refractivity contribution in [3.63, 3.8) is 0 Å². The highest BCUT2D eigenvalue weighted by molar-refractivity contribution is 5.75. The Labute approximate surface area is 106 Å². The summed E-state index contributed by atoms with van der Waals surface area (Å²) in [5.41, 5.74) is 0.270. The van der Waals surface area contributed by atoms with E-state index in [1.54, 1.807) is 13.0 Å². The van der Waals surface area contributed by atoms with E-state index in [4.69, 9.17) is 4.74 Å². The van der Waals surface area contributed by atoms with Gasteiger partial charge in [-0.1, -0.05) is 6.92 Å². The molecule has 1 aliphatic heterocycles. The SMILES string of the molecule is CCOC(=O)C1CNCC1(C)c1ccc(F)cn1. The van der Waals surface area contributed by atoms with E-state index in [-0.39, 0.29) is 17.7 Å².